The van der Waals surface area contributed by atoms with Gasteiger partial charge in [-0.3, -0.25) is 10.1 Å². The monoisotopic (exact) mass is 390 g/mol. The van der Waals surface area contributed by atoms with Crippen molar-refractivity contribution in [3.8, 4) is 11.5 Å². The number of hydrogen-bond acceptors (Lipinski definition) is 4. The van der Waals surface area contributed by atoms with Gasteiger partial charge in [-0.1, -0.05) is 60.2 Å². The van der Waals surface area contributed by atoms with E-state index < -0.39 is 6.04 Å². The molecule has 0 saturated carbocycles. The number of methoxy groups -OCH3 is 1. The van der Waals surface area contributed by atoms with E-state index in [1.807, 2.05) is 85.8 Å². The molecule has 3 aromatic rings. The van der Waals surface area contributed by atoms with Crippen LogP contribution in [0.1, 0.15) is 17.2 Å². The van der Waals surface area contributed by atoms with E-state index in [0.717, 1.165) is 16.8 Å². The van der Waals surface area contributed by atoms with Crippen LogP contribution >= 0.6 is 0 Å². The standard InChI is InChI=1S/C24H26N2O3/c1-18-12-14-20(15-13-18)26-24(27)23(19-8-4-3-5-9-19)25-16-17-29-22-11-7-6-10-21(22)28-2/h3-15,23,25H,16-17H2,1-2H3,(H,26,27)/t23-/m1/s1. The summed E-state index contributed by atoms with van der Waals surface area (Å²) in [6.45, 7) is 2.92. The Kier molecular flexibility index (Phi) is 7.25. The molecule has 0 fully saturated rings. The van der Waals surface area contributed by atoms with Crippen molar-refractivity contribution in [3.05, 3.63) is 90.0 Å². The van der Waals surface area contributed by atoms with Crippen LogP contribution in [0.2, 0.25) is 0 Å². The van der Waals surface area contributed by atoms with Crippen LogP contribution in [0.5, 0.6) is 11.5 Å². The largest absolute Gasteiger partial charge is 0.493 e. The third-order valence-electron chi connectivity index (χ3n) is 4.49. The molecule has 0 unspecified atom stereocenters. The minimum atomic E-state index is -0.487. The first-order chi connectivity index (χ1) is 14.2. The summed E-state index contributed by atoms with van der Waals surface area (Å²) >= 11 is 0. The zero-order chi connectivity index (χ0) is 20.5. The molecule has 0 aliphatic heterocycles. The van der Waals surface area contributed by atoms with E-state index in [0.29, 0.717) is 24.7 Å². The minimum Gasteiger partial charge on any atom is -0.493 e. The van der Waals surface area contributed by atoms with Crippen LogP contribution in [0.3, 0.4) is 0 Å². The van der Waals surface area contributed by atoms with Gasteiger partial charge in [0.15, 0.2) is 11.5 Å². The predicted octanol–water partition coefficient (Wildman–Crippen LogP) is 4.35. The van der Waals surface area contributed by atoms with Gasteiger partial charge in [0.25, 0.3) is 0 Å². The Morgan fingerprint density at radius 2 is 1.55 bits per heavy atom. The first-order valence-corrected chi connectivity index (χ1v) is 9.59. The molecule has 0 saturated heterocycles. The van der Waals surface area contributed by atoms with E-state index in [-0.39, 0.29) is 5.91 Å². The molecule has 29 heavy (non-hydrogen) atoms. The molecule has 5 heteroatoms. The fourth-order valence-electron chi connectivity index (χ4n) is 2.96. The van der Waals surface area contributed by atoms with Gasteiger partial charge in [0.2, 0.25) is 5.91 Å². The van der Waals surface area contributed by atoms with Gasteiger partial charge in [0, 0.05) is 12.2 Å². The maximum atomic E-state index is 12.9. The first kappa shape index (κ1) is 20.4. The van der Waals surface area contributed by atoms with Gasteiger partial charge < -0.3 is 14.8 Å². The average molecular weight is 390 g/mol. The molecule has 0 aliphatic carbocycles. The lowest BCUT2D eigenvalue weighted by Crippen LogP contribution is -2.35. The van der Waals surface area contributed by atoms with Crippen molar-refractivity contribution in [1.82, 2.24) is 5.32 Å². The van der Waals surface area contributed by atoms with E-state index in [4.69, 9.17) is 9.47 Å². The van der Waals surface area contributed by atoms with E-state index >= 15 is 0 Å². The summed E-state index contributed by atoms with van der Waals surface area (Å²) in [5.74, 6) is 1.25. The van der Waals surface area contributed by atoms with Gasteiger partial charge in [-0.15, -0.1) is 0 Å². The molecule has 1 atom stereocenters. The van der Waals surface area contributed by atoms with Gasteiger partial charge in [0.05, 0.1) is 7.11 Å². The number of para-hydroxylation sites is 2. The highest BCUT2D eigenvalue weighted by Crippen LogP contribution is 2.25. The Morgan fingerprint density at radius 1 is 0.897 bits per heavy atom. The summed E-state index contributed by atoms with van der Waals surface area (Å²) in [4.78, 5) is 12.9. The number of ether oxygens (including phenoxy) is 2. The number of aryl methyl sites for hydroxylation is 1. The Morgan fingerprint density at radius 3 is 2.24 bits per heavy atom. The van der Waals surface area contributed by atoms with Crippen molar-refractivity contribution in [2.45, 2.75) is 13.0 Å². The number of amides is 1. The lowest BCUT2D eigenvalue weighted by atomic mass is 10.1. The topological polar surface area (TPSA) is 59.6 Å². The fourth-order valence-corrected chi connectivity index (χ4v) is 2.96. The quantitative estimate of drug-likeness (QED) is 0.533. The highest BCUT2D eigenvalue weighted by atomic mass is 16.5. The molecule has 2 N–H and O–H groups in total. The Labute approximate surface area is 171 Å². The highest BCUT2D eigenvalue weighted by Gasteiger charge is 2.20. The van der Waals surface area contributed by atoms with Crippen LogP contribution < -0.4 is 20.1 Å². The molecule has 0 aliphatic rings. The lowest BCUT2D eigenvalue weighted by Gasteiger charge is -2.19. The number of carbonyl (C=O) groups excluding carboxylic acids is 1. The summed E-state index contributed by atoms with van der Waals surface area (Å²) in [6, 6.07) is 24.4. The van der Waals surface area contributed by atoms with E-state index in [1.165, 1.54) is 0 Å². The van der Waals surface area contributed by atoms with Crippen molar-refractivity contribution >= 4 is 11.6 Å². The van der Waals surface area contributed by atoms with Gasteiger partial charge in [-0.25, -0.2) is 0 Å². The summed E-state index contributed by atoms with van der Waals surface area (Å²) in [5, 5.41) is 6.28. The van der Waals surface area contributed by atoms with Crippen LogP contribution in [-0.4, -0.2) is 26.2 Å². The van der Waals surface area contributed by atoms with Gasteiger partial charge in [-0.2, -0.15) is 0 Å². The van der Waals surface area contributed by atoms with Gasteiger partial charge in [0.1, 0.15) is 12.6 Å². The number of hydrogen-bond donors (Lipinski definition) is 2. The molecule has 0 bridgehead atoms. The molecule has 0 heterocycles. The third kappa shape index (κ3) is 5.83. The smallest absolute Gasteiger partial charge is 0.246 e. The zero-order valence-electron chi connectivity index (χ0n) is 16.7. The average Bonchev–Trinajstić information content (AvgIpc) is 2.76. The molecule has 3 rings (SSSR count). The molecular formula is C24H26N2O3. The second-order valence-electron chi connectivity index (χ2n) is 6.65. The van der Waals surface area contributed by atoms with Crippen LogP contribution in [0, 0.1) is 6.92 Å². The number of anilines is 1. The summed E-state index contributed by atoms with van der Waals surface area (Å²) in [5.41, 5.74) is 2.82. The summed E-state index contributed by atoms with van der Waals surface area (Å²) in [7, 11) is 1.61. The van der Waals surface area contributed by atoms with Gasteiger partial charge >= 0.3 is 0 Å². The highest BCUT2D eigenvalue weighted by molar-refractivity contribution is 5.95. The number of carbonyl (C=O) groups is 1. The van der Waals surface area contributed by atoms with E-state index in [9.17, 15) is 4.79 Å². The number of nitrogens with one attached hydrogen (secondary N) is 2. The zero-order valence-corrected chi connectivity index (χ0v) is 16.7. The lowest BCUT2D eigenvalue weighted by molar-refractivity contribution is -0.118. The minimum absolute atomic E-state index is 0.114. The van der Waals surface area contributed by atoms with Crippen molar-refractivity contribution in [3.63, 3.8) is 0 Å². The Balaban J connectivity index is 1.63. The van der Waals surface area contributed by atoms with Crippen LogP contribution in [0.25, 0.3) is 0 Å². The van der Waals surface area contributed by atoms with Crippen molar-refractivity contribution in [1.29, 1.82) is 0 Å². The summed E-state index contributed by atoms with van der Waals surface area (Å²) in [6.07, 6.45) is 0. The molecule has 5 nitrogen and oxygen atoms in total. The maximum Gasteiger partial charge on any atom is 0.246 e. The fraction of sp³-hybridized carbons (Fsp3) is 0.208. The molecule has 0 aromatic heterocycles. The molecule has 1 amide bonds. The van der Waals surface area contributed by atoms with Crippen LogP contribution in [0.15, 0.2) is 78.9 Å². The number of rotatable bonds is 9. The van der Waals surface area contributed by atoms with Crippen molar-refractivity contribution in [2.75, 3.05) is 25.6 Å². The number of benzene rings is 3. The second kappa shape index (κ2) is 10.3. The summed E-state index contributed by atoms with van der Waals surface area (Å²) < 4.78 is 11.1. The molecule has 3 aromatic carbocycles. The van der Waals surface area contributed by atoms with Crippen LogP contribution in [0.4, 0.5) is 5.69 Å². The third-order valence-corrected chi connectivity index (χ3v) is 4.49. The van der Waals surface area contributed by atoms with Crippen LogP contribution in [-0.2, 0) is 4.79 Å². The molecule has 0 spiro atoms. The maximum absolute atomic E-state index is 12.9. The molecular weight excluding hydrogens is 364 g/mol. The SMILES string of the molecule is COc1ccccc1OCCN[C@@H](C(=O)Nc1ccc(C)cc1)c1ccccc1. The van der Waals surface area contributed by atoms with E-state index in [2.05, 4.69) is 10.6 Å². The molecule has 0 radical (unpaired) electrons. The normalized spacial score (nSPS) is 11.5. The van der Waals surface area contributed by atoms with Crippen molar-refractivity contribution in [2.24, 2.45) is 0 Å². The first-order valence-electron chi connectivity index (χ1n) is 9.59. The van der Waals surface area contributed by atoms with Gasteiger partial charge in [-0.05, 0) is 36.8 Å². The predicted molar refractivity (Wildman–Crippen MR) is 115 cm³/mol. The van der Waals surface area contributed by atoms with E-state index in [1.54, 1.807) is 7.11 Å². The molecule has 150 valence electrons. The second-order valence-corrected chi connectivity index (χ2v) is 6.65. The van der Waals surface area contributed by atoms with Crippen molar-refractivity contribution < 1.29 is 14.3 Å². The Hall–Kier alpha value is -3.31. The Bertz CT molecular complexity index is 911.